The molecule has 2 amide bonds. The Labute approximate surface area is 178 Å². The summed E-state index contributed by atoms with van der Waals surface area (Å²) in [6.07, 6.45) is -1.34. The third-order valence-corrected chi connectivity index (χ3v) is 4.58. The van der Waals surface area contributed by atoms with E-state index in [2.05, 4.69) is 35.6 Å². The summed E-state index contributed by atoms with van der Waals surface area (Å²) in [5, 5.41) is 7.98. The number of anilines is 3. The van der Waals surface area contributed by atoms with E-state index in [1.807, 2.05) is 13.0 Å². The van der Waals surface area contributed by atoms with Gasteiger partial charge >= 0.3 is 12.4 Å². The molecule has 1 fully saturated rings. The third kappa shape index (κ3) is 7.19. The number of rotatable bonds is 7. The van der Waals surface area contributed by atoms with Crippen molar-refractivity contribution in [3.05, 3.63) is 36.0 Å². The monoisotopic (exact) mass is 438 g/mol. The molecule has 2 aromatic rings. The quantitative estimate of drug-likeness (QED) is 0.568. The molecule has 8 nitrogen and oxygen atoms in total. The number of benzene rings is 1. The number of aryl methyl sites for hydroxylation is 1. The highest BCUT2D eigenvalue weighted by Gasteiger charge is 2.32. The van der Waals surface area contributed by atoms with Crippen LogP contribution in [0.5, 0.6) is 5.75 Å². The van der Waals surface area contributed by atoms with Gasteiger partial charge in [0.2, 0.25) is 5.95 Å². The number of para-hydroxylation sites is 2. The van der Waals surface area contributed by atoms with Gasteiger partial charge in [-0.05, 0) is 38.3 Å². The zero-order valence-corrected chi connectivity index (χ0v) is 17.1. The van der Waals surface area contributed by atoms with Crippen molar-refractivity contribution in [2.45, 2.75) is 32.5 Å². The zero-order valence-electron chi connectivity index (χ0n) is 17.1. The van der Waals surface area contributed by atoms with Crippen LogP contribution in [0.15, 0.2) is 30.3 Å². The molecule has 3 N–H and O–H groups in total. The summed E-state index contributed by atoms with van der Waals surface area (Å²) in [6, 6.07) is 6.62. The molecule has 0 radical (unpaired) electrons. The second kappa shape index (κ2) is 10.2. The van der Waals surface area contributed by atoms with Gasteiger partial charge in [-0.2, -0.15) is 4.98 Å². The first-order valence-corrected chi connectivity index (χ1v) is 10.0. The molecule has 0 saturated carbocycles. The normalized spacial score (nSPS) is 14.1. The molecule has 1 saturated heterocycles. The molecule has 1 aromatic heterocycles. The van der Waals surface area contributed by atoms with Crippen molar-refractivity contribution in [3.63, 3.8) is 0 Å². The Bertz CT molecular complexity index is 887. The van der Waals surface area contributed by atoms with Crippen LogP contribution in [-0.2, 0) is 0 Å². The Hall–Kier alpha value is -3.24. The zero-order chi connectivity index (χ0) is 22.3. The van der Waals surface area contributed by atoms with Gasteiger partial charge in [0.1, 0.15) is 5.82 Å². The number of aromatic nitrogens is 2. The minimum atomic E-state index is -4.85. The SMILES string of the molecule is Cc1cc(N2CCCCC2)nc(NCCNC(=O)Nc2ccccc2OC(F)(F)F)n1. The average molecular weight is 438 g/mol. The van der Waals surface area contributed by atoms with Crippen LogP contribution in [0.25, 0.3) is 0 Å². The van der Waals surface area contributed by atoms with Crippen LogP contribution < -0.4 is 25.6 Å². The fourth-order valence-electron chi connectivity index (χ4n) is 3.22. The molecule has 0 spiro atoms. The number of carbonyl (C=O) groups is 1. The van der Waals surface area contributed by atoms with Gasteiger partial charge in [-0.15, -0.1) is 13.2 Å². The van der Waals surface area contributed by atoms with Crippen LogP contribution in [-0.4, -0.2) is 48.5 Å². The highest BCUT2D eigenvalue weighted by molar-refractivity contribution is 5.90. The predicted molar refractivity (Wildman–Crippen MR) is 111 cm³/mol. The molecule has 0 unspecified atom stereocenters. The van der Waals surface area contributed by atoms with Crippen molar-refractivity contribution in [2.24, 2.45) is 0 Å². The van der Waals surface area contributed by atoms with Crippen LogP contribution in [0, 0.1) is 6.92 Å². The predicted octanol–water partition coefficient (Wildman–Crippen LogP) is 3.91. The summed E-state index contributed by atoms with van der Waals surface area (Å²) >= 11 is 0. The number of hydrogen-bond acceptors (Lipinski definition) is 6. The number of urea groups is 1. The lowest BCUT2D eigenvalue weighted by Crippen LogP contribution is -2.33. The molecule has 31 heavy (non-hydrogen) atoms. The largest absolute Gasteiger partial charge is 0.573 e. The number of hydrogen-bond donors (Lipinski definition) is 3. The maximum absolute atomic E-state index is 12.5. The lowest BCUT2D eigenvalue weighted by molar-refractivity contribution is -0.274. The van der Waals surface area contributed by atoms with E-state index >= 15 is 0 Å². The summed E-state index contributed by atoms with van der Waals surface area (Å²) in [6.45, 7) is 4.39. The first kappa shape index (κ1) is 22.4. The molecule has 0 atom stereocenters. The first-order chi connectivity index (χ1) is 14.8. The molecule has 1 aromatic carbocycles. The summed E-state index contributed by atoms with van der Waals surface area (Å²) in [7, 11) is 0. The van der Waals surface area contributed by atoms with Gasteiger partial charge in [-0.3, -0.25) is 0 Å². The molecule has 0 aliphatic carbocycles. The standard InChI is InChI=1S/C20H25F3N6O2/c1-14-13-17(29-11-5-2-6-12-29)28-18(26-14)24-9-10-25-19(30)27-15-7-3-4-8-16(15)31-20(21,22)23/h3-4,7-8,13H,2,5-6,9-12H2,1H3,(H,24,26,28)(H2,25,27,30). The smallest absolute Gasteiger partial charge is 0.404 e. The number of carbonyl (C=O) groups excluding carboxylic acids is 1. The molecule has 2 heterocycles. The van der Waals surface area contributed by atoms with Crippen LogP contribution in [0.2, 0.25) is 0 Å². The van der Waals surface area contributed by atoms with Gasteiger partial charge < -0.3 is 25.6 Å². The van der Waals surface area contributed by atoms with Gasteiger partial charge in [-0.25, -0.2) is 9.78 Å². The van der Waals surface area contributed by atoms with Crippen molar-refractivity contribution >= 4 is 23.5 Å². The molecule has 3 rings (SSSR count). The van der Waals surface area contributed by atoms with E-state index in [-0.39, 0.29) is 12.2 Å². The molecule has 168 valence electrons. The second-order valence-corrected chi connectivity index (χ2v) is 7.09. The van der Waals surface area contributed by atoms with E-state index in [9.17, 15) is 18.0 Å². The van der Waals surface area contributed by atoms with Gasteiger partial charge in [-0.1, -0.05) is 12.1 Å². The molecular weight excluding hydrogens is 413 g/mol. The average Bonchev–Trinajstić information content (AvgIpc) is 2.72. The topological polar surface area (TPSA) is 91.4 Å². The van der Waals surface area contributed by atoms with Crippen molar-refractivity contribution in [1.82, 2.24) is 15.3 Å². The van der Waals surface area contributed by atoms with Crippen LogP contribution in [0.1, 0.15) is 25.0 Å². The molecule has 0 bridgehead atoms. The number of nitrogens with zero attached hydrogens (tertiary/aromatic N) is 3. The first-order valence-electron chi connectivity index (χ1n) is 10.0. The van der Waals surface area contributed by atoms with Crippen molar-refractivity contribution in [3.8, 4) is 5.75 Å². The van der Waals surface area contributed by atoms with E-state index in [1.54, 1.807) is 0 Å². The van der Waals surface area contributed by atoms with E-state index in [4.69, 9.17) is 0 Å². The number of halogens is 3. The van der Waals surface area contributed by atoms with Gasteiger partial charge in [0.15, 0.2) is 5.75 Å². The summed E-state index contributed by atoms with van der Waals surface area (Å²) in [4.78, 5) is 23.2. The third-order valence-electron chi connectivity index (χ3n) is 4.58. The number of piperidine rings is 1. The van der Waals surface area contributed by atoms with Gasteiger partial charge in [0, 0.05) is 37.9 Å². The number of ether oxygens (including phenoxy) is 1. The minimum Gasteiger partial charge on any atom is -0.404 e. The van der Waals surface area contributed by atoms with Crippen LogP contribution >= 0.6 is 0 Å². The Morgan fingerprint density at radius 3 is 2.61 bits per heavy atom. The van der Waals surface area contributed by atoms with Crippen molar-refractivity contribution in [1.29, 1.82) is 0 Å². The molecule has 1 aliphatic rings. The fourth-order valence-corrected chi connectivity index (χ4v) is 3.22. The molecular formula is C20H25F3N6O2. The Morgan fingerprint density at radius 2 is 1.87 bits per heavy atom. The van der Waals surface area contributed by atoms with Crippen molar-refractivity contribution in [2.75, 3.05) is 41.7 Å². The highest BCUT2D eigenvalue weighted by atomic mass is 19.4. The van der Waals surface area contributed by atoms with Gasteiger partial charge in [0.05, 0.1) is 5.69 Å². The molecule has 11 heteroatoms. The minimum absolute atomic E-state index is 0.0847. The van der Waals surface area contributed by atoms with E-state index < -0.39 is 18.1 Å². The number of nitrogens with one attached hydrogen (secondary N) is 3. The van der Waals surface area contributed by atoms with Crippen molar-refractivity contribution < 1.29 is 22.7 Å². The fraction of sp³-hybridized carbons (Fsp3) is 0.450. The maximum atomic E-state index is 12.5. The summed E-state index contributed by atoms with van der Waals surface area (Å²) in [5.41, 5.74) is 0.753. The maximum Gasteiger partial charge on any atom is 0.573 e. The Morgan fingerprint density at radius 1 is 1.13 bits per heavy atom. The van der Waals surface area contributed by atoms with E-state index in [1.165, 1.54) is 24.6 Å². The highest BCUT2D eigenvalue weighted by Crippen LogP contribution is 2.29. The Balaban J connectivity index is 1.48. The number of amides is 2. The van der Waals surface area contributed by atoms with E-state index in [0.29, 0.717) is 12.5 Å². The van der Waals surface area contributed by atoms with E-state index in [0.717, 1.165) is 43.5 Å². The molecule has 1 aliphatic heterocycles. The number of alkyl halides is 3. The lowest BCUT2D eigenvalue weighted by Gasteiger charge is -2.28. The Kier molecular flexibility index (Phi) is 7.37. The summed E-state index contributed by atoms with van der Waals surface area (Å²) < 4.78 is 41.3. The van der Waals surface area contributed by atoms with Gasteiger partial charge in [0.25, 0.3) is 0 Å². The van der Waals surface area contributed by atoms with Crippen LogP contribution in [0.4, 0.5) is 35.4 Å². The van der Waals surface area contributed by atoms with Crippen LogP contribution in [0.3, 0.4) is 0 Å². The lowest BCUT2D eigenvalue weighted by atomic mass is 10.1. The summed E-state index contributed by atoms with van der Waals surface area (Å²) in [5.74, 6) is 0.857. The second-order valence-electron chi connectivity index (χ2n) is 7.09.